The molecule has 1 heterocycles. The highest BCUT2D eigenvalue weighted by molar-refractivity contribution is 6.03. The molecule has 29 heavy (non-hydrogen) atoms. The first-order valence-corrected chi connectivity index (χ1v) is 9.18. The third-order valence-electron chi connectivity index (χ3n) is 4.55. The zero-order valence-corrected chi connectivity index (χ0v) is 15.8. The van der Waals surface area contributed by atoms with E-state index in [9.17, 15) is 9.59 Å². The Morgan fingerprint density at radius 3 is 2.38 bits per heavy atom. The number of nitrogens with one attached hydrogen (secondary N) is 2. The maximum atomic E-state index is 13.0. The molecule has 4 aromatic rings. The quantitative estimate of drug-likeness (QED) is 0.499. The van der Waals surface area contributed by atoms with E-state index in [0.717, 1.165) is 11.1 Å². The van der Waals surface area contributed by atoms with Crippen LogP contribution in [0.4, 0.5) is 5.69 Å². The molecular formula is C23H19N3O3. The van der Waals surface area contributed by atoms with Crippen LogP contribution in [-0.4, -0.2) is 22.1 Å². The molecule has 1 atom stereocenters. The number of hydrogen-bond donors (Lipinski definition) is 2. The van der Waals surface area contributed by atoms with Gasteiger partial charge in [-0.15, -0.1) is 0 Å². The van der Waals surface area contributed by atoms with E-state index in [-0.39, 0.29) is 5.69 Å². The van der Waals surface area contributed by atoms with E-state index in [4.69, 9.17) is 4.74 Å². The van der Waals surface area contributed by atoms with E-state index >= 15 is 0 Å². The van der Waals surface area contributed by atoms with Gasteiger partial charge in [-0.05, 0) is 25.1 Å². The Morgan fingerprint density at radius 1 is 0.931 bits per heavy atom. The molecule has 144 valence electrons. The van der Waals surface area contributed by atoms with Crippen LogP contribution in [0.25, 0.3) is 10.9 Å². The molecule has 0 fully saturated rings. The van der Waals surface area contributed by atoms with Crippen molar-refractivity contribution in [2.75, 3.05) is 5.32 Å². The van der Waals surface area contributed by atoms with Crippen molar-refractivity contribution in [3.63, 3.8) is 0 Å². The van der Waals surface area contributed by atoms with Gasteiger partial charge in [0.1, 0.15) is 0 Å². The fraction of sp³-hybridized carbons (Fsp3) is 0.0870. The average molecular weight is 385 g/mol. The van der Waals surface area contributed by atoms with E-state index in [2.05, 4.69) is 15.5 Å². The lowest BCUT2D eigenvalue weighted by molar-refractivity contribution is -0.125. The van der Waals surface area contributed by atoms with Crippen LogP contribution in [0.1, 0.15) is 27.7 Å². The number of carbonyl (C=O) groups excluding carboxylic acids is 2. The van der Waals surface area contributed by atoms with Crippen molar-refractivity contribution in [1.29, 1.82) is 0 Å². The number of fused-ring (bicyclic) bond motifs is 1. The fourth-order valence-corrected chi connectivity index (χ4v) is 3.03. The fourth-order valence-electron chi connectivity index (χ4n) is 3.03. The predicted octanol–water partition coefficient (Wildman–Crippen LogP) is 4.41. The SMILES string of the molecule is Cc1ccc(NC(=O)[C@@H](OC(=O)c2n[nH]c3ccccc23)c2ccccc2)cc1. The second-order valence-corrected chi connectivity index (χ2v) is 6.67. The molecule has 0 radical (unpaired) electrons. The highest BCUT2D eigenvalue weighted by Crippen LogP contribution is 2.24. The van der Waals surface area contributed by atoms with Crippen molar-refractivity contribution in [3.8, 4) is 0 Å². The number of H-pyrrole nitrogens is 1. The Hall–Kier alpha value is -3.93. The molecule has 1 amide bonds. The molecule has 0 aliphatic heterocycles. The number of rotatable bonds is 5. The molecule has 6 nitrogen and oxygen atoms in total. The van der Waals surface area contributed by atoms with Crippen LogP contribution in [-0.2, 0) is 9.53 Å². The Kier molecular flexibility index (Phi) is 5.07. The van der Waals surface area contributed by atoms with Gasteiger partial charge in [-0.1, -0.05) is 66.2 Å². The zero-order chi connectivity index (χ0) is 20.2. The Bertz CT molecular complexity index is 1150. The van der Waals surface area contributed by atoms with Crippen LogP contribution in [0, 0.1) is 6.92 Å². The van der Waals surface area contributed by atoms with Gasteiger partial charge >= 0.3 is 5.97 Å². The number of carbonyl (C=O) groups is 2. The molecule has 0 spiro atoms. The lowest BCUT2D eigenvalue weighted by Crippen LogP contribution is -2.26. The second-order valence-electron chi connectivity index (χ2n) is 6.67. The van der Waals surface area contributed by atoms with E-state index in [1.807, 2.05) is 43.3 Å². The minimum Gasteiger partial charge on any atom is -0.442 e. The number of hydrogen-bond acceptors (Lipinski definition) is 4. The number of nitrogens with zero attached hydrogens (tertiary/aromatic N) is 1. The summed E-state index contributed by atoms with van der Waals surface area (Å²) in [6.45, 7) is 1.97. The molecule has 0 unspecified atom stereocenters. The first-order valence-electron chi connectivity index (χ1n) is 9.18. The first kappa shape index (κ1) is 18.4. The highest BCUT2D eigenvalue weighted by Gasteiger charge is 2.27. The van der Waals surface area contributed by atoms with Crippen LogP contribution in [0.2, 0.25) is 0 Å². The number of para-hydroxylation sites is 1. The van der Waals surface area contributed by atoms with E-state index in [1.54, 1.807) is 42.5 Å². The Morgan fingerprint density at radius 2 is 1.62 bits per heavy atom. The molecule has 0 aliphatic carbocycles. The predicted molar refractivity (Wildman–Crippen MR) is 111 cm³/mol. The summed E-state index contributed by atoms with van der Waals surface area (Å²) in [7, 11) is 0. The molecule has 3 aromatic carbocycles. The van der Waals surface area contributed by atoms with E-state index < -0.39 is 18.0 Å². The van der Waals surface area contributed by atoms with Gasteiger partial charge in [0.15, 0.2) is 5.69 Å². The van der Waals surface area contributed by atoms with Crippen LogP contribution < -0.4 is 5.32 Å². The average Bonchev–Trinajstić information content (AvgIpc) is 3.18. The molecule has 0 aliphatic rings. The summed E-state index contributed by atoms with van der Waals surface area (Å²) >= 11 is 0. The lowest BCUT2D eigenvalue weighted by Gasteiger charge is -2.18. The molecule has 1 aromatic heterocycles. The number of aromatic nitrogens is 2. The molecule has 4 rings (SSSR count). The lowest BCUT2D eigenvalue weighted by atomic mass is 10.1. The van der Waals surface area contributed by atoms with Gasteiger partial charge in [0.2, 0.25) is 6.10 Å². The molecular weight excluding hydrogens is 366 g/mol. The second kappa shape index (κ2) is 7.98. The summed E-state index contributed by atoms with van der Waals surface area (Å²) in [5.74, 6) is -1.11. The van der Waals surface area contributed by atoms with Crippen LogP contribution in [0.3, 0.4) is 0 Å². The third-order valence-corrected chi connectivity index (χ3v) is 4.55. The summed E-state index contributed by atoms with van der Waals surface area (Å²) in [6, 6.07) is 23.6. The van der Waals surface area contributed by atoms with Crippen LogP contribution >= 0.6 is 0 Å². The number of aryl methyl sites for hydroxylation is 1. The minimum atomic E-state index is -1.11. The summed E-state index contributed by atoms with van der Waals surface area (Å²) in [5.41, 5.74) is 3.15. The number of amides is 1. The van der Waals surface area contributed by atoms with Crippen molar-refractivity contribution >= 4 is 28.5 Å². The van der Waals surface area contributed by atoms with E-state index in [1.165, 1.54) is 0 Å². The monoisotopic (exact) mass is 385 g/mol. The third kappa shape index (κ3) is 4.01. The number of aromatic amines is 1. The Balaban J connectivity index is 1.61. The van der Waals surface area contributed by atoms with Crippen molar-refractivity contribution in [2.24, 2.45) is 0 Å². The summed E-state index contributed by atoms with van der Waals surface area (Å²) < 4.78 is 5.61. The highest BCUT2D eigenvalue weighted by atomic mass is 16.5. The minimum absolute atomic E-state index is 0.143. The van der Waals surface area contributed by atoms with Crippen molar-refractivity contribution in [2.45, 2.75) is 13.0 Å². The molecule has 0 saturated carbocycles. The topological polar surface area (TPSA) is 84.1 Å². The number of benzene rings is 3. The van der Waals surface area contributed by atoms with Crippen LogP contribution in [0.15, 0.2) is 78.9 Å². The standard InChI is InChI=1S/C23H19N3O3/c1-15-11-13-17(14-12-15)24-22(27)21(16-7-3-2-4-8-16)29-23(28)20-18-9-5-6-10-19(18)25-26-20/h2-14,21H,1H3,(H,24,27)(H,25,26)/t21-/m0/s1. The number of anilines is 1. The van der Waals surface area contributed by atoms with Gasteiger partial charge in [-0.25, -0.2) is 4.79 Å². The summed E-state index contributed by atoms with van der Waals surface area (Å²) in [5, 5.41) is 10.3. The zero-order valence-electron chi connectivity index (χ0n) is 15.8. The maximum absolute atomic E-state index is 13.0. The van der Waals surface area contributed by atoms with Gasteiger partial charge in [-0.3, -0.25) is 9.89 Å². The first-order chi connectivity index (χ1) is 14.1. The smallest absolute Gasteiger partial charge is 0.360 e. The molecule has 2 N–H and O–H groups in total. The van der Waals surface area contributed by atoms with Gasteiger partial charge in [-0.2, -0.15) is 5.10 Å². The normalized spacial score (nSPS) is 11.8. The molecule has 0 saturated heterocycles. The van der Waals surface area contributed by atoms with Gasteiger partial charge in [0, 0.05) is 16.6 Å². The maximum Gasteiger partial charge on any atom is 0.360 e. The molecule has 6 heteroatoms. The molecule has 0 bridgehead atoms. The van der Waals surface area contributed by atoms with Crippen molar-refractivity contribution in [1.82, 2.24) is 10.2 Å². The Labute approximate surface area is 167 Å². The van der Waals surface area contributed by atoms with Gasteiger partial charge in [0.05, 0.1) is 5.52 Å². The summed E-state index contributed by atoms with van der Waals surface area (Å²) in [4.78, 5) is 25.8. The number of ether oxygens (including phenoxy) is 1. The summed E-state index contributed by atoms with van der Waals surface area (Å²) in [6.07, 6.45) is -1.11. The van der Waals surface area contributed by atoms with Gasteiger partial charge in [0.25, 0.3) is 5.91 Å². The van der Waals surface area contributed by atoms with Crippen molar-refractivity contribution in [3.05, 3.63) is 95.7 Å². The van der Waals surface area contributed by atoms with E-state index in [0.29, 0.717) is 16.6 Å². The largest absolute Gasteiger partial charge is 0.442 e. The van der Waals surface area contributed by atoms with Gasteiger partial charge < -0.3 is 10.1 Å². The van der Waals surface area contributed by atoms with Crippen molar-refractivity contribution < 1.29 is 14.3 Å². The number of esters is 1. The van der Waals surface area contributed by atoms with Crippen LogP contribution in [0.5, 0.6) is 0 Å².